The van der Waals surface area contributed by atoms with Crippen LogP contribution in [-0.2, 0) is 14.8 Å². The summed E-state index contributed by atoms with van der Waals surface area (Å²) in [7, 11) is -3.51. The summed E-state index contributed by atoms with van der Waals surface area (Å²) < 4.78 is 25.1. The Kier molecular flexibility index (Phi) is 7.45. The minimum atomic E-state index is -3.51. The predicted molar refractivity (Wildman–Crippen MR) is 91.2 cm³/mol. The van der Waals surface area contributed by atoms with E-state index in [-0.39, 0.29) is 18.9 Å². The van der Waals surface area contributed by atoms with E-state index in [4.69, 9.17) is 23.2 Å². The zero-order chi connectivity index (χ0) is 16.8. The normalized spacial score (nSPS) is 11.3. The molecule has 124 valence electrons. The summed E-state index contributed by atoms with van der Waals surface area (Å²) >= 11 is 12.0. The molecule has 1 aromatic rings. The largest absolute Gasteiger partial charge is 0.356 e. The average molecular weight is 367 g/mol. The van der Waals surface area contributed by atoms with Crippen LogP contribution >= 0.6 is 23.2 Å². The van der Waals surface area contributed by atoms with Gasteiger partial charge >= 0.3 is 0 Å². The van der Waals surface area contributed by atoms with Crippen LogP contribution in [0.1, 0.15) is 26.2 Å². The molecule has 1 aromatic carbocycles. The summed E-state index contributed by atoms with van der Waals surface area (Å²) in [6.07, 6.45) is 2.61. The quantitative estimate of drug-likeness (QED) is 0.768. The lowest BCUT2D eigenvalue weighted by Crippen LogP contribution is -2.32. The second-order valence-corrected chi connectivity index (χ2v) is 7.63. The van der Waals surface area contributed by atoms with Crippen LogP contribution in [0.5, 0.6) is 0 Å². The van der Waals surface area contributed by atoms with Crippen LogP contribution < -0.4 is 9.62 Å². The molecule has 0 fully saturated rings. The molecule has 0 aliphatic heterocycles. The Labute approximate surface area is 141 Å². The van der Waals surface area contributed by atoms with Crippen LogP contribution in [0.2, 0.25) is 10.0 Å². The molecular weight excluding hydrogens is 347 g/mol. The molecule has 22 heavy (non-hydrogen) atoms. The molecule has 0 aliphatic carbocycles. The first-order valence-corrected chi connectivity index (χ1v) is 9.55. The van der Waals surface area contributed by atoms with Gasteiger partial charge in [-0.3, -0.25) is 9.10 Å². The summed E-state index contributed by atoms with van der Waals surface area (Å²) in [5.41, 5.74) is 0.325. The van der Waals surface area contributed by atoms with E-state index in [9.17, 15) is 13.2 Å². The molecule has 0 atom stereocenters. The molecule has 1 rings (SSSR count). The zero-order valence-corrected chi connectivity index (χ0v) is 14.9. The van der Waals surface area contributed by atoms with Gasteiger partial charge in [-0.15, -0.1) is 0 Å². The van der Waals surface area contributed by atoms with Crippen LogP contribution in [0.15, 0.2) is 18.2 Å². The van der Waals surface area contributed by atoms with E-state index in [1.54, 1.807) is 12.1 Å². The van der Waals surface area contributed by atoms with Crippen molar-refractivity contribution in [1.29, 1.82) is 0 Å². The fourth-order valence-electron chi connectivity index (χ4n) is 1.88. The van der Waals surface area contributed by atoms with Gasteiger partial charge in [-0.25, -0.2) is 8.42 Å². The number of nitrogens with one attached hydrogen (secondary N) is 1. The highest BCUT2D eigenvalue weighted by Gasteiger charge is 2.20. The van der Waals surface area contributed by atoms with Gasteiger partial charge < -0.3 is 5.32 Å². The molecule has 0 spiro atoms. The number of amides is 1. The van der Waals surface area contributed by atoms with Crippen molar-refractivity contribution in [1.82, 2.24) is 5.32 Å². The third-order valence-electron chi connectivity index (χ3n) is 2.91. The minimum Gasteiger partial charge on any atom is -0.356 e. The molecule has 0 bridgehead atoms. The van der Waals surface area contributed by atoms with Gasteiger partial charge in [-0.2, -0.15) is 0 Å². The number of rotatable bonds is 8. The van der Waals surface area contributed by atoms with Crippen LogP contribution in [0.3, 0.4) is 0 Å². The van der Waals surface area contributed by atoms with Crippen molar-refractivity contribution in [3.05, 3.63) is 28.2 Å². The van der Waals surface area contributed by atoms with Crippen molar-refractivity contribution >= 4 is 44.8 Å². The third kappa shape index (κ3) is 6.02. The summed E-state index contributed by atoms with van der Waals surface area (Å²) in [5, 5.41) is 3.44. The number of hydrogen-bond acceptors (Lipinski definition) is 3. The fourth-order valence-corrected chi connectivity index (χ4v) is 3.28. The maximum atomic E-state index is 12.0. The number of carbonyl (C=O) groups is 1. The highest BCUT2D eigenvalue weighted by Crippen LogP contribution is 2.30. The second-order valence-electron chi connectivity index (χ2n) is 4.88. The molecule has 1 amide bonds. The molecular formula is C14H20Cl2N2O3S. The topological polar surface area (TPSA) is 66.5 Å². The summed E-state index contributed by atoms with van der Waals surface area (Å²) in [4.78, 5) is 11.6. The number of anilines is 1. The van der Waals surface area contributed by atoms with E-state index in [2.05, 4.69) is 5.32 Å². The first-order chi connectivity index (χ1) is 10.3. The second kappa shape index (κ2) is 8.60. The summed E-state index contributed by atoms with van der Waals surface area (Å²) in [6, 6.07) is 4.64. The Morgan fingerprint density at radius 1 is 1.32 bits per heavy atom. The van der Waals surface area contributed by atoms with E-state index in [1.807, 2.05) is 6.92 Å². The van der Waals surface area contributed by atoms with E-state index in [0.29, 0.717) is 28.7 Å². The predicted octanol–water partition coefficient (Wildman–Crippen LogP) is 3.07. The first kappa shape index (κ1) is 19.1. The number of sulfonamides is 1. The summed E-state index contributed by atoms with van der Waals surface area (Å²) in [6.45, 7) is 2.75. The van der Waals surface area contributed by atoms with E-state index in [1.165, 1.54) is 10.4 Å². The van der Waals surface area contributed by atoms with Gasteiger partial charge in [0.25, 0.3) is 0 Å². The fraction of sp³-hybridized carbons (Fsp3) is 0.500. The molecule has 5 nitrogen and oxygen atoms in total. The number of halogens is 2. The Bertz CT molecular complexity index is 621. The van der Waals surface area contributed by atoms with Crippen LogP contribution in [0, 0.1) is 0 Å². The molecule has 0 aliphatic rings. The number of benzene rings is 1. The first-order valence-electron chi connectivity index (χ1n) is 6.95. The highest BCUT2D eigenvalue weighted by atomic mass is 35.5. The Hall–Kier alpha value is -0.980. The molecule has 0 saturated carbocycles. The highest BCUT2D eigenvalue weighted by molar-refractivity contribution is 7.92. The van der Waals surface area contributed by atoms with Gasteiger partial charge in [-0.05, 0) is 31.0 Å². The van der Waals surface area contributed by atoms with Crippen molar-refractivity contribution in [3.8, 4) is 0 Å². The Morgan fingerprint density at radius 2 is 2.00 bits per heavy atom. The molecule has 0 radical (unpaired) electrons. The Morgan fingerprint density at radius 3 is 2.59 bits per heavy atom. The summed E-state index contributed by atoms with van der Waals surface area (Å²) in [5.74, 6) is -0.0903. The van der Waals surface area contributed by atoms with Gasteiger partial charge in [0.2, 0.25) is 15.9 Å². The Balaban J connectivity index is 2.79. The van der Waals surface area contributed by atoms with Crippen molar-refractivity contribution in [3.63, 3.8) is 0 Å². The average Bonchev–Trinajstić information content (AvgIpc) is 2.43. The molecule has 0 unspecified atom stereocenters. The molecule has 0 saturated heterocycles. The third-order valence-corrected chi connectivity index (χ3v) is 4.65. The van der Waals surface area contributed by atoms with Crippen molar-refractivity contribution in [2.45, 2.75) is 26.2 Å². The van der Waals surface area contributed by atoms with E-state index >= 15 is 0 Å². The van der Waals surface area contributed by atoms with Crippen molar-refractivity contribution < 1.29 is 13.2 Å². The van der Waals surface area contributed by atoms with E-state index < -0.39 is 10.0 Å². The van der Waals surface area contributed by atoms with Crippen molar-refractivity contribution in [2.24, 2.45) is 0 Å². The molecule has 1 N–H and O–H groups in total. The van der Waals surface area contributed by atoms with Gasteiger partial charge in [0, 0.05) is 24.5 Å². The van der Waals surface area contributed by atoms with Crippen LogP contribution in [0.25, 0.3) is 0 Å². The zero-order valence-electron chi connectivity index (χ0n) is 12.6. The molecule has 0 heterocycles. The van der Waals surface area contributed by atoms with Crippen LogP contribution in [0.4, 0.5) is 5.69 Å². The minimum absolute atomic E-state index is 0.0903. The van der Waals surface area contributed by atoms with E-state index in [0.717, 1.165) is 12.7 Å². The molecule has 0 aromatic heterocycles. The van der Waals surface area contributed by atoms with Gasteiger partial charge in [0.1, 0.15) is 0 Å². The molecule has 8 heteroatoms. The smallest absolute Gasteiger partial charge is 0.232 e. The van der Waals surface area contributed by atoms with Crippen molar-refractivity contribution in [2.75, 3.05) is 23.7 Å². The maximum Gasteiger partial charge on any atom is 0.232 e. The monoisotopic (exact) mass is 366 g/mol. The number of hydrogen-bond donors (Lipinski definition) is 1. The van der Waals surface area contributed by atoms with Crippen LogP contribution in [-0.4, -0.2) is 33.7 Å². The van der Waals surface area contributed by atoms with Gasteiger partial charge in [0.15, 0.2) is 0 Å². The number of carbonyl (C=O) groups excluding carboxylic acids is 1. The standard InChI is InChI=1S/C14H20Cl2N2O3S/c1-3-8-17-14(19)5-4-9-18(22(2,20)21)13-10-11(15)6-7-12(13)16/h6-7,10H,3-5,8-9H2,1-2H3,(H,17,19). The van der Waals surface area contributed by atoms with Gasteiger partial charge in [-0.1, -0.05) is 30.1 Å². The lowest BCUT2D eigenvalue weighted by molar-refractivity contribution is -0.121. The maximum absolute atomic E-state index is 12.0. The SMILES string of the molecule is CCCNC(=O)CCCN(c1cc(Cl)ccc1Cl)S(C)(=O)=O. The lowest BCUT2D eigenvalue weighted by Gasteiger charge is -2.23. The lowest BCUT2D eigenvalue weighted by atomic mass is 10.2. The van der Waals surface area contributed by atoms with Gasteiger partial charge in [0.05, 0.1) is 17.0 Å². The number of nitrogens with zero attached hydrogens (tertiary/aromatic N) is 1.